The van der Waals surface area contributed by atoms with Crippen molar-refractivity contribution in [2.45, 2.75) is 31.7 Å². The van der Waals surface area contributed by atoms with Crippen molar-refractivity contribution in [3.63, 3.8) is 0 Å². The van der Waals surface area contributed by atoms with Gasteiger partial charge < -0.3 is 14.8 Å². The van der Waals surface area contributed by atoms with E-state index in [9.17, 15) is 0 Å². The van der Waals surface area contributed by atoms with Gasteiger partial charge in [0.05, 0.1) is 19.8 Å². The van der Waals surface area contributed by atoms with Crippen LogP contribution in [0, 0.1) is 0 Å². The first-order valence-electron chi connectivity index (χ1n) is 5.23. The fourth-order valence-electron chi connectivity index (χ4n) is 1.71. The van der Waals surface area contributed by atoms with Gasteiger partial charge in [-0.15, -0.1) is 0 Å². The van der Waals surface area contributed by atoms with Crippen LogP contribution in [-0.2, 0) is 9.47 Å². The third-order valence-electron chi connectivity index (χ3n) is 2.47. The first kappa shape index (κ1) is 11.0. The van der Waals surface area contributed by atoms with Crippen LogP contribution in [0.4, 0.5) is 0 Å². The van der Waals surface area contributed by atoms with Gasteiger partial charge in [0.25, 0.3) is 0 Å². The van der Waals surface area contributed by atoms with Crippen molar-refractivity contribution in [2.24, 2.45) is 0 Å². The number of rotatable bonds is 7. The number of hydrogen-bond acceptors (Lipinski definition) is 3. The molecule has 3 heteroatoms. The molecule has 1 aliphatic carbocycles. The molecule has 0 bridgehead atoms. The highest BCUT2D eigenvalue weighted by atomic mass is 16.5. The molecular weight excluding hydrogens is 166 g/mol. The second-order valence-electron chi connectivity index (χ2n) is 3.54. The van der Waals surface area contributed by atoms with Gasteiger partial charge in [0.15, 0.2) is 0 Å². The molecule has 0 radical (unpaired) electrons. The van der Waals surface area contributed by atoms with E-state index in [1.807, 2.05) is 0 Å². The Morgan fingerprint density at radius 3 is 2.62 bits per heavy atom. The molecule has 0 aromatic heterocycles. The highest BCUT2D eigenvalue weighted by Gasteiger charge is 2.12. The van der Waals surface area contributed by atoms with E-state index in [1.165, 1.54) is 25.7 Å². The number of ether oxygens (including phenoxy) is 2. The lowest BCUT2D eigenvalue weighted by Gasteiger charge is -2.11. The Labute approximate surface area is 80.8 Å². The highest BCUT2D eigenvalue weighted by molar-refractivity contribution is 4.72. The molecule has 1 aliphatic rings. The van der Waals surface area contributed by atoms with E-state index in [-0.39, 0.29) is 0 Å². The minimum absolute atomic E-state index is 0.698. The van der Waals surface area contributed by atoms with Crippen LogP contribution in [0.25, 0.3) is 0 Å². The van der Waals surface area contributed by atoms with E-state index < -0.39 is 0 Å². The smallest absolute Gasteiger partial charge is 0.0700 e. The third kappa shape index (κ3) is 5.24. The Morgan fingerprint density at radius 1 is 1.15 bits per heavy atom. The highest BCUT2D eigenvalue weighted by Crippen LogP contribution is 2.16. The maximum Gasteiger partial charge on any atom is 0.0700 e. The van der Waals surface area contributed by atoms with Crippen molar-refractivity contribution in [3.05, 3.63) is 0 Å². The van der Waals surface area contributed by atoms with Crippen LogP contribution < -0.4 is 5.32 Å². The molecule has 0 saturated heterocycles. The molecule has 0 heterocycles. The molecule has 0 aromatic carbocycles. The maximum absolute atomic E-state index is 5.35. The van der Waals surface area contributed by atoms with Gasteiger partial charge in [-0.2, -0.15) is 0 Å². The Balaban J connectivity index is 1.78. The molecule has 78 valence electrons. The summed E-state index contributed by atoms with van der Waals surface area (Å²) < 4.78 is 10.2. The lowest BCUT2D eigenvalue weighted by Crippen LogP contribution is -2.29. The summed E-state index contributed by atoms with van der Waals surface area (Å²) in [6, 6.07) is 0.756. The molecule has 0 unspecified atom stereocenters. The number of methoxy groups -OCH3 is 1. The molecule has 1 fully saturated rings. The molecule has 0 spiro atoms. The summed E-state index contributed by atoms with van der Waals surface area (Å²) in [5, 5.41) is 3.49. The fourth-order valence-corrected chi connectivity index (χ4v) is 1.71. The summed E-state index contributed by atoms with van der Waals surface area (Å²) in [5.41, 5.74) is 0. The van der Waals surface area contributed by atoms with E-state index in [2.05, 4.69) is 5.32 Å². The molecule has 1 N–H and O–H groups in total. The van der Waals surface area contributed by atoms with Crippen LogP contribution in [0.1, 0.15) is 25.7 Å². The number of hydrogen-bond donors (Lipinski definition) is 1. The largest absolute Gasteiger partial charge is 0.382 e. The Bertz CT molecular complexity index is 113. The number of nitrogens with one attached hydrogen (secondary N) is 1. The van der Waals surface area contributed by atoms with Crippen LogP contribution in [0.15, 0.2) is 0 Å². The first-order valence-corrected chi connectivity index (χ1v) is 5.23. The molecule has 0 amide bonds. The van der Waals surface area contributed by atoms with Gasteiger partial charge in [-0.05, 0) is 12.8 Å². The van der Waals surface area contributed by atoms with Crippen LogP contribution >= 0.6 is 0 Å². The van der Waals surface area contributed by atoms with Gasteiger partial charge >= 0.3 is 0 Å². The van der Waals surface area contributed by atoms with Crippen molar-refractivity contribution in [1.29, 1.82) is 0 Å². The summed E-state index contributed by atoms with van der Waals surface area (Å²) in [4.78, 5) is 0. The zero-order valence-electron chi connectivity index (χ0n) is 8.55. The van der Waals surface area contributed by atoms with Crippen molar-refractivity contribution in [1.82, 2.24) is 5.32 Å². The van der Waals surface area contributed by atoms with Gasteiger partial charge in [0.1, 0.15) is 0 Å². The normalized spacial score (nSPS) is 18.2. The SMILES string of the molecule is COCCOCCNC1CCCC1. The lowest BCUT2D eigenvalue weighted by atomic mass is 10.2. The average molecular weight is 187 g/mol. The predicted octanol–water partition coefficient (Wildman–Crippen LogP) is 1.18. The van der Waals surface area contributed by atoms with Crippen molar-refractivity contribution in [3.8, 4) is 0 Å². The van der Waals surface area contributed by atoms with Gasteiger partial charge in [-0.1, -0.05) is 12.8 Å². The fraction of sp³-hybridized carbons (Fsp3) is 1.00. The quantitative estimate of drug-likeness (QED) is 0.607. The maximum atomic E-state index is 5.35. The van der Waals surface area contributed by atoms with E-state index in [0.29, 0.717) is 13.2 Å². The van der Waals surface area contributed by atoms with E-state index >= 15 is 0 Å². The van der Waals surface area contributed by atoms with Crippen LogP contribution in [0.5, 0.6) is 0 Å². The third-order valence-corrected chi connectivity index (χ3v) is 2.47. The van der Waals surface area contributed by atoms with Crippen molar-refractivity contribution in [2.75, 3.05) is 33.5 Å². The summed E-state index contributed by atoms with van der Waals surface area (Å²) in [6.45, 7) is 3.19. The zero-order chi connectivity index (χ0) is 9.36. The Kier molecular flexibility index (Phi) is 6.15. The monoisotopic (exact) mass is 187 g/mol. The molecular formula is C10H21NO2. The Morgan fingerprint density at radius 2 is 1.92 bits per heavy atom. The van der Waals surface area contributed by atoms with E-state index in [4.69, 9.17) is 9.47 Å². The van der Waals surface area contributed by atoms with Crippen molar-refractivity contribution < 1.29 is 9.47 Å². The summed E-state index contributed by atoms with van der Waals surface area (Å²) in [6.07, 6.45) is 5.47. The second kappa shape index (κ2) is 7.30. The molecule has 3 nitrogen and oxygen atoms in total. The zero-order valence-corrected chi connectivity index (χ0v) is 8.55. The van der Waals surface area contributed by atoms with Crippen molar-refractivity contribution >= 4 is 0 Å². The molecule has 13 heavy (non-hydrogen) atoms. The minimum atomic E-state index is 0.698. The van der Waals surface area contributed by atoms with Crippen LogP contribution in [-0.4, -0.2) is 39.5 Å². The standard InChI is InChI=1S/C10H21NO2/c1-12-8-9-13-7-6-11-10-4-2-3-5-10/h10-11H,2-9H2,1H3. The summed E-state index contributed by atoms with van der Waals surface area (Å²) in [5.74, 6) is 0. The van der Waals surface area contributed by atoms with Gasteiger partial charge in [0, 0.05) is 19.7 Å². The predicted molar refractivity (Wildman–Crippen MR) is 53.0 cm³/mol. The summed E-state index contributed by atoms with van der Waals surface area (Å²) in [7, 11) is 1.69. The summed E-state index contributed by atoms with van der Waals surface area (Å²) >= 11 is 0. The molecule has 1 rings (SSSR count). The molecule has 0 atom stereocenters. The molecule has 0 aromatic rings. The van der Waals surface area contributed by atoms with Crippen LogP contribution in [0.3, 0.4) is 0 Å². The lowest BCUT2D eigenvalue weighted by molar-refractivity contribution is 0.0711. The first-order chi connectivity index (χ1) is 6.43. The second-order valence-corrected chi connectivity index (χ2v) is 3.54. The molecule has 1 saturated carbocycles. The van der Waals surface area contributed by atoms with Crippen LogP contribution in [0.2, 0.25) is 0 Å². The molecule has 0 aliphatic heterocycles. The minimum Gasteiger partial charge on any atom is -0.382 e. The van der Waals surface area contributed by atoms with Gasteiger partial charge in [-0.25, -0.2) is 0 Å². The average Bonchev–Trinajstić information content (AvgIpc) is 2.63. The Hall–Kier alpha value is -0.120. The van der Waals surface area contributed by atoms with E-state index in [1.54, 1.807) is 7.11 Å². The van der Waals surface area contributed by atoms with Gasteiger partial charge in [0.2, 0.25) is 0 Å². The van der Waals surface area contributed by atoms with Gasteiger partial charge in [-0.3, -0.25) is 0 Å². The topological polar surface area (TPSA) is 30.5 Å². The van der Waals surface area contributed by atoms with E-state index in [0.717, 1.165) is 19.2 Å².